The van der Waals surface area contributed by atoms with Gasteiger partial charge < -0.3 is 20.9 Å². The first-order valence-corrected chi connectivity index (χ1v) is 9.54. The Morgan fingerprint density at radius 3 is 2.80 bits per heavy atom. The summed E-state index contributed by atoms with van der Waals surface area (Å²) >= 11 is 0. The number of aromatic hydroxyl groups is 1. The summed E-state index contributed by atoms with van der Waals surface area (Å²) in [6.07, 6.45) is 0. The number of ether oxygens (including phenoxy) is 1. The van der Waals surface area contributed by atoms with Crippen molar-refractivity contribution in [1.82, 2.24) is 29.3 Å². The molecule has 0 radical (unpaired) electrons. The number of nitrogens with one attached hydrogen (secondary N) is 2. The van der Waals surface area contributed by atoms with E-state index in [2.05, 4.69) is 20.4 Å². The summed E-state index contributed by atoms with van der Waals surface area (Å²) in [7, 11) is 1.85. The molecule has 10 heteroatoms. The number of imidazole rings is 1. The molecule has 4 aromatic heterocycles. The highest BCUT2D eigenvalue weighted by molar-refractivity contribution is 6.17. The predicted molar refractivity (Wildman–Crippen MR) is 112 cm³/mol. The number of phenols is 1. The van der Waals surface area contributed by atoms with Gasteiger partial charge in [-0.05, 0) is 38.6 Å². The fraction of sp³-hybridized carbons (Fsp3) is 0.250. The maximum Gasteiger partial charge on any atom is 0.311 e. The van der Waals surface area contributed by atoms with Crippen molar-refractivity contribution in [2.45, 2.75) is 13.8 Å². The minimum atomic E-state index is -0.591. The van der Waals surface area contributed by atoms with E-state index in [9.17, 15) is 9.90 Å². The SMILES string of the molecule is CNCCOc1nc2c3c(cc(C)n2[nH]1)c(C(N)=O)c1nc2c(O)ccc(C)c2n13. The molecule has 0 atom stereocenters. The van der Waals surface area contributed by atoms with Crippen LogP contribution in [0.15, 0.2) is 18.2 Å². The van der Waals surface area contributed by atoms with E-state index in [0.717, 1.165) is 11.3 Å². The summed E-state index contributed by atoms with van der Waals surface area (Å²) in [5, 5.41) is 17.2. The molecule has 0 aliphatic rings. The van der Waals surface area contributed by atoms with Gasteiger partial charge in [0.25, 0.3) is 5.91 Å². The second-order valence-electron chi connectivity index (χ2n) is 7.30. The highest BCUT2D eigenvalue weighted by atomic mass is 16.5. The fourth-order valence-corrected chi connectivity index (χ4v) is 3.99. The van der Waals surface area contributed by atoms with Crippen LogP contribution in [0.25, 0.3) is 33.2 Å². The topological polar surface area (TPSA) is 135 Å². The quantitative estimate of drug-likeness (QED) is 0.327. The summed E-state index contributed by atoms with van der Waals surface area (Å²) < 4.78 is 9.34. The van der Waals surface area contributed by atoms with Crippen molar-refractivity contribution >= 4 is 39.1 Å². The highest BCUT2D eigenvalue weighted by Crippen LogP contribution is 2.37. The van der Waals surface area contributed by atoms with Crippen LogP contribution in [0.3, 0.4) is 0 Å². The smallest absolute Gasteiger partial charge is 0.311 e. The largest absolute Gasteiger partial charge is 0.506 e. The summed E-state index contributed by atoms with van der Waals surface area (Å²) in [6.45, 7) is 4.95. The molecule has 0 spiro atoms. The third-order valence-corrected chi connectivity index (χ3v) is 5.34. The van der Waals surface area contributed by atoms with Crippen LogP contribution >= 0.6 is 0 Å². The molecule has 0 unspecified atom stereocenters. The summed E-state index contributed by atoms with van der Waals surface area (Å²) in [6, 6.07) is 5.63. The summed E-state index contributed by atoms with van der Waals surface area (Å²) in [5.74, 6) is -0.552. The van der Waals surface area contributed by atoms with Gasteiger partial charge >= 0.3 is 6.01 Å². The van der Waals surface area contributed by atoms with Gasteiger partial charge in [-0.1, -0.05) is 6.07 Å². The lowest BCUT2D eigenvalue weighted by Crippen LogP contribution is -2.16. The molecule has 4 heterocycles. The van der Waals surface area contributed by atoms with E-state index in [0.29, 0.717) is 58.0 Å². The number of aromatic nitrogens is 5. The molecule has 0 bridgehead atoms. The number of carbonyl (C=O) groups excluding carboxylic acids is 1. The molecule has 0 aliphatic heterocycles. The van der Waals surface area contributed by atoms with E-state index in [-0.39, 0.29) is 5.75 Å². The number of amides is 1. The van der Waals surface area contributed by atoms with E-state index in [1.54, 1.807) is 10.6 Å². The Hall–Kier alpha value is -3.79. The zero-order valence-corrected chi connectivity index (χ0v) is 16.8. The number of likely N-dealkylation sites (N-methyl/N-ethyl adjacent to an activating group) is 1. The average molecular weight is 407 g/mol. The standard InChI is InChI=1S/C20H21N7O3/c1-9-4-5-12(28)14-15(9)26-16-11(13(17(21)29)18(26)23-14)8-10(2)27-19(16)24-20(25-27)30-7-6-22-3/h4-5,8,22,28H,6-7H2,1-3H3,(H2,21,29)(H,24,25). The minimum Gasteiger partial charge on any atom is -0.506 e. The Kier molecular flexibility index (Phi) is 3.87. The molecule has 0 aliphatic carbocycles. The number of benzene rings is 1. The van der Waals surface area contributed by atoms with Crippen molar-refractivity contribution in [3.63, 3.8) is 0 Å². The first-order chi connectivity index (χ1) is 14.4. The van der Waals surface area contributed by atoms with Crippen molar-refractivity contribution in [2.75, 3.05) is 20.2 Å². The molecular formula is C20H21N7O3. The highest BCUT2D eigenvalue weighted by Gasteiger charge is 2.26. The third kappa shape index (κ3) is 2.37. The van der Waals surface area contributed by atoms with Gasteiger partial charge in [-0.2, -0.15) is 4.98 Å². The monoisotopic (exact) mass is 407 g/mol. The van der Waals surface area contributed by atoms with Gasteiger partial charge in [0.2, 0.25) is 0 Å². The number of carbonyl (C=O) groups is 1. The van der Waals surface area contributed by atoms with E-state index >= 15 is 0 Å². The van der Waals surface area contributed by atoms with E-state index in [1.807, 2.05) is 37.4 Å². The fourth-order valence-electron chi connectivity index (χ4n) is 3.99. The molecule has 154 valence electrons. The number of hydrogen-bond acceptors (Lipinski definition) is 6. The summed E-state index contributed by atoms with van der Waals surface area (Å²) in [4.78, 5) is 21.6. The third-order valence-electron chi connectivity index (χ3n) is 5.34. The predicted octanol–water partition coefficient (Wildman–Crippen LogP) is 1.64. The lowest BCUT2D eigenvalue weighted by atomic mass is 10.1. The van der Waals surface area contributed by atoms with Crippen molar-refractivity contribution in [3.8, 4) is 11.8 Å². The Morgan fingerprint density at radius 1 is 1.27 bits per heavy atom. The van der Waals surface area contributed by atoms with E-state index in [1.165, 1.54) is 0 Å². The Bertz CT molecular complexity index is 1470. The van der Waals surface area contributed by atoms with Gasteiger partial charge in [-0.25, -0.2) is 14.6 Å². The maximum absolute atomic E-state index is 12.4. The zero-order valence-electron chi connectivity index (χ0n) is 16.8. The maximum atomic E-state index is 12.4. The van der Waals surface area contributed by atoms with Crippen LogP contribution in [-0.4, -0.2) is 55.2 Å². The number of nitrogens with two attached hydrogens (primary N) is 1. The number of hydrogen-bond donors (Lipinski definition) is 4. The van der Waals surface area contributed by atoms with E-state index < -0.39 is 5.91 Å². The van der Waals surface area contributed by atoms with Crippen molar-refractivity contribution < 1.29 is 14.6 Å². The molecule has 5 rings (SSSR count). The molecule has 0 fully saturated rings. The minimum absolute atomic E-state index is 0.0389. The molecule has 0 saturated carbocycles. The summed E-state index contributed by atoms with van der Waals surface area (Å²) in [5.41, 5.74) is 10.5. The zero-order chi connectivity index (χ0) is 21.2. The first-order valence-electron chi connectivity index (χ1n) is 9.54. The van der Waals surface area contributed by atoms with Gasteiger partial charge in [0, 0.05) is 17.6 Å². The van der Waals surface area contributed by atoms with Crippen LogP contribution in [0.4, 0.5) is 0 Å². The van der Waals surface area contributed by atoms with Gasteiger partial charge in [-0.15, -0.1) is 0 Å². The average Bonchev–Trinajstić information content (AvgIpc) is 3.36. The molecule has 10 nitrogen and oxygen atoms in total. The lowest BCUT2D eigenvalue weighted by Gasteiger charge is -2.04. The Labute approximate surface area is 170 Å². The molecule has 0 saturated heterocycles. The van der Waals surface area contributed by atoms with Crippen LogP contribution in [0, 0.1) is 13.8 Å². The van der Waals surface area contributed by atoms with Crippen LogP contribution in [-0.2, 0) is 0 Å². The number of aromatic amines is 1. The number of pyridine rings is 1. The Balaban J connectivity index is 1.96. The number of aryl methyl sites for hydroxylation is 2. The molecule has 5 N–H and O–H groups in total. The van der Waals surface area contributed by atoms with Crippen LogP contribution in [0.5, 0.6) is 11.8 Å². The van der Waals surface area contributed by atoms with Gasteiger partial charge in [0.15, 0.2) is 11.3 Å². The Morgan fingerprint density at radius 2 is 2.07 bits per heavy atom. The lowest BCUT2D eigenvalue weighted by molar-refractivity contribution is 0.100. The van der Waals surface area contributed by atoms with E-state index in [4.69, 9.17) is 10.5 Å². The number of rotatable bonds is 5. The number of phenolic OH excluding ortho intramolecular Hbond substituents is 1. The van der Waals surface area contributed by atoms with Gasteiger partial charge in [0.1, 0.15) is 23.4 Å². The van der Waals surface area contributed by atoms with Crippen LogP contribution in [0.2, 0.25) is 0 Å². The second-order valence-corrected chi connectivity index (χ2v) is 7.30. The van der Waals surface area contributed by atoms with Crippen molar-refractivity contribution in [3.05, 3.63) is 35.0 Å². The number of H-pyrrole nitrogens is 1. The molecule has 5 aromatic rings. The number of primary amides is 1. The van der Waals surface area contributed by atoms with Gasteiger partial charge in [-0.3, -0.25) is 9.20 Å². The second kappa shape index (κ2) is 6.36. The van der Waals surface area contributed by atoms with Crippen molar-refractivity contribution in [1.29, 1.82) is 0 Å². The number of nitrogens with zero attached hydrogens (tertiary/aromatic N) is 4. The van der Waals surface area contributed by atoms with Crippen LogP contribution < -0.4 is 15.8 Å². The molecular weight excluding hydrogens is 386 g/mol. The molecule has 1 aromatic carbocycles. The van der Waals surface area contributed by atoms with Gasteiger partial charge in [0.05, 0.1) is 11.1 Å². The first kappa shape index (κ1) is 18.3. The number of fused-ring (bicyclic) bond motifs is 7. The van der Waals surface area contributed by atoms with Crippen LogP contribution in [0.1, 0.15) is 21.6 Å². The molecule has 1 amide bonds. The molecule has 30 heavy (non-hydrogen) atoms. The normalized spacial score (nSPS) is 12.0. The van der Waals surface area contributed by atoms with Crippen molar-refractivity contribution in [2.24, 2.45) is 5.73 Å².